The number of benzene rings is 1. The first-order valence-electron chi connectivity index (χ1n) is 10.2. The summed E-state index contributed by atoms with van der Waals surface area (Å²) >= 11 is 1.46. The molecule has 0 unspecified atom stereocenters. The summed E-state index contributed by atoms with van der Waals surface area (Å²) in [6.45, 7) is 3.75. The minimum absolute atomic E-state index is 0.0976. The Morgan fingerprint density at radius 3 is 2.63 bits per heavy atom. The first-order chi connectivity index (χ1) is 14.6. The van der Waals surface area contributed by atoms with Crippen LogP contribution >= 0.6 is 11.3 Å². The van der Waals surface area contributed by atoms with Gasteiger partial charge in [-0.3, -0.25) is 4.79 Å². The number of carbonyl (C=O) groups is 1. The molecule has 1 aliphatic rings. The fourth-order valence-electron chi connectivity index (χ4n) is 4.24. The third-order valence-electron chi connectivity index (χ3n) is 5.78. The fourth-order valence-corrected chi connectivity index (χ4v) is 5.31. The van der Waals surface area contributed by atoms with Gasteiger partial charge in [-0.15, -0.1) is 11.3 Å². The lowest BCUT2D eigenvalue weighted by Crippen LogP contribution is -2.47. The van der Waals surface area contributed by atoms with Crippen molar-refractivity contribution < 1.29 is 9.32 Å². The molecule has 4 aromatic rings. The Morgan fingerprint density at radius 1 is 1.17 bits per heavy atom. The lowest BCUT2D eigenvalue weighted by Gasteiger charge is -2.35. The standard InChI is InChI=1S/C22H23N5O2S/c1-14-17-13-18(30-20(17)27(25-14)16-9-5-3-6-10-16)19(28)24-22(11-7-4-8-12-22)21-23-15(2)29-26-21/h3,5-6,9-10,13H,4,7-8,11-12H2,1-2H3,(H,24,28). The zero-order valence-corrected chi connectivity index (χ0v) is 17.8. The summed E-state index contributed by atoms with van der Waals surface area (Å²) in [5.74, 6) is 1.00. The van der Waals surface area contributed by atoms with Crippen LogP contribution in [-0.4, -0.2) is 25.8 Å². The van der Waals surface area contributed by atoms with Crippen LogP contribution in [0.25, 0.3) is 15.9 Å². The molecular weight excluding hydrogens is 398 g/mol. The van der Waals surface area contributed by atoms with E-state index in [2.05, 4.69) is 20.6 Å². The number of carbonyl (C=O) groups excluding carboxylic acids is 1. The van der Waals surface area contributed by atoms with E-state index in [0.717, 1.165) is 53.7 Å². The van der Waals surface area contributed by atoms with Crippen molar-refractivity contribution in [1.82, 2.24) is 25.2 Å². The van der Waals surface area contributed by atoms with E-state index in [-0.39, 0.29) is 5.91 Å². The Balaban J connectivity index is 1.50. The predicted molar refractivity (Wildman–Crippen MR) is 115 cm³/mol. The summed E-state index contributed by atoms with van der Waals surface area (Å²) < 4.78 is 7.13. The summed E-state index contributed by atoms with van der Waals surface area (Å²) in [4.78, 5) is 19.4. The minimum atomic E-state index is -0.566. The number of hydrogen-bond donors (Lipinski definition) is 1. The van der Waals surface area contributed by atoms with Gasteiger partial charge >= 0.3 is 0 Å². The summed E-state index contributed by atoms with van der Waals surface area (Å²) in [5.41, 5.74) is 1.32. The zero-order chi connectivity index (χ0) is 20.7. The van der Waals surface area contributed by atoms with Gasteiger partial charge in [0.25, 0.3) is 5.91 Å². The molecule has 0 spiro atoms. The summed E-state index contributed by atoms with van der Waals surface area (Å²) in [5, 5.41) is 13.1. The lowest BCUT2D eigenvalue weighted by atomic mass is 9.81. The average molecular weight is 422 g/mol. The van der Waals surface area contributed by atoms with Crippen molar-refractivity contribution in [2.45, 2.75) is 51.5 Å². The molecule has 0 saturated heterocycles. The second-order valence-electron chi connectivity index (χ2n) is 7.90. The number of amides is 1. The Hall–Kier alpha value is -3.00. The van der Waals surface area contributed by atoms with E-state index in [0.29, 0.717) is 16.6 Å². The molecule has 154 valence electrons. The van der Waals surface area contributed by atoms with Crippen LogP contribution in [0, 0.1) is 13.8 Å². The molecule has 1 fully saturated rings. The lowest BCUT2D eigenvalue weighted by molar-refractivity contribution is 0.0859. The molecule has 8 heteroatoms. The number of rotatable bonds is 4. The maximum Gasteiger partial charge on any atom is 0.262 e. The van der Waals surface area contributed by atoms with E-state index in [9.17, 15) is 4.79 Å². The summed E-state index contributed by atoms with van der Waals surface area (Å²) in [7, 11) is 0. The van der Waals surface area contributed by atoms with Gasteiger partial charge in [0.05, 0.1) is 16.3 Å². The first kappa shape index (κ1) is 19.0. The highest BCUT2D eigenvalue weighted by Gasteiger charge is 2.40. The Morgan fingerprint density at radius 2 is 1.93 bits per heavy atom. The Kier molecular flexibility index (Phi) is 4.66. The molecule has 1 N–H and O–H groups in total. The number of nitrogens with one attached hydrogen (secondary N) is 1. The van der Waals surface area contributed by atoms with Gasteiger partial charge in [0.15, 0.2) is 5.82 Å². The molecule has 5 rings (SSSR count). The van der Waals surface area contributed by atoms with Crippen LogP contribution in [0.3, 0.4) is 0 Å². The van der Waals surface area contributed by atoms with E-state index in [1.807, 2.05) is 48.0 Å². The quantitative estimate of drug-likeness (QED) is 0.517. The van der Waals surface area contributed by atoms with E-state index in [1.165, 1.54) is 11.3 Å². The van der Waals surface area contributed by atoms with Gasteiger partial charge in [0.2, 0.25) is 5.89 Å². The van der Waals surface area contributed by atoms with Crippen LogP contribution in [0.1, 0.15) is 59.2 Å². The van der Waals surface area contributed by atoms with Crippen molar-refractivity contribution in [1.29, 1.82) is 0 Å². The molecule has 30 heavy (non-hydrogen) atoms. The number of thiophene rings is 1. The van der Waals surface area contributed by atoms with Crippen molar-refractivity contribution in [3.05, 3.63) is 58.7 Å². The van der Waals surface area contributed by atoms with Crippen molar-refractivity contribution in [2.24, 2.45) is 0 Å². The maximum atomic E-state index is 13.3. The molecule has 1 aromatic carbocycles. The molecule has 7 nitrogen and oxygen atoms in total. The SMILES string of the molecule is Cc1nc(C2(NC(=O)c3cc4c(C)nn(-c5ccccc5)c4s3)CCCCC2)no1. The summed E-state index contributed by atoms with van der Waals surface area (Å²) in [6.07, 6.45) is 4.85. The highest BCUT2D eigenvalue weighted by atomic mass is 32.1. The molecule has 0 atom stereocenters. The monoisotopic (exact) mass is 421 g/mol. The smallest absolute Gasteiger partial charge is 0.262 e. The van der Waals surface area contributed by atoms with Crippen LogP contribution in [0.15, 0.2) is 40.9 Å². The fraction of sp³-hybridized carbons (Fsp3) is 0.364. The molecule has 0 radical (unpaired) electrons. The molecule has 3 heterocycles. The number of hydrogen-bond acceptors (Lipinski definition) is 6. The Bertz CT molecular complexity index is 1200. The largest absolute Gasteiger partial charge is 0.340 e. The van der Waals surface area contributed by atoms with Crippen LogP contribution in [0.2, 0.25) is 0 Å². The molecular formula is C22H23N5O2S. The number of para-hydroxylation sites is 1. The minimum Gasteiger partial charge on any atom is -0.340 e. The molecule has 3 aromatic heterocycles. The maximum absolute atomic E-state index is 13.3. The predicted octanol–water partition coefficient (Wildman–Crippen LogP) is 4.68. The second kappa shape index (κ2) is 7.36. The van der Waals surface area contributed by atoms with Crippen LogP contribution < -0.4 is 5.32 Å². The van der Waals surface area contributed by atoms with Crippen molar-refractivity contribution in [2.75, 3.05) is 0 Å². The van der Waals surface area contributed by atoms with Gasteiger partial charge in [0.1, 0.15) is 10.4 Å². The van der Waals surface area contributed by atoms with Crippen molar-refractivity contribution in [3.8, 4) is 5.69 Å². The highest BCUT2D eigenvalue weighted by molar-refractivity contribution is 7.20. The van der Waals surface area contributed by atoms with Gasteiger partial charge in [-0.2, -0.15) is 10.1 Å². The molecule has 0 aliphatic heterocycles. The van der Waals surface area contributed by atoms with Gasteiger partial charge < -0.3 is 9.84 Å². The number of fused-ring (bicyclic) bond motifs is 1. The van der Waals surface area contributed by atoms with Gasteiger partial charge in [-0.25, -0.2) is 4.68 Å². The number of aromatic nitrogens is 4. The first-order valence-corrected chi connectivity index (χ1v) is 11.1. The molecule has 1 saturated carbocycles. The number of nitrogens with zero attached hydrogens (tertiary/aromatic N) is 4. The van der Waals surface area contributed by atoms with E-state index in [1.54, 1.807) is 6.92 Å². The molecule has 0 bridgehead atoms. The van der Waals surface area contributed by atoms with E-state index < -0.39 is 5.54 Å². The highest BCUT2D eigenvalue weighted by Crippen LogP contribution is 2.37. The van der Waals surface area contributed by atoms with Crippen LogP contribution in [0.4, 0.5) is 0 Å². The van der Waals surface area contributed by atoms with Gasteiger partial charge in [-0.1, -0.05) is 42.6 Å². The second-order valence-corrected chi connectivity index (χ2v) is 8.93. The van der Waals surface area contributed by atoms with Crippen molar-refractivity contribution >= 4 is 27.5 Å². The average Bonchev–Trinajstić information content (AvgIpc) is 3.46. The Labute approximate surface area is 178 Å². The van der Waals surface area contributed by atoms with Gasteiger partial charge in [0, 0.05) is 12.3 Å². The summed E-state index contributed by atoms with van der Waals surface area (Å²) in [6, 6.07) is 11.9. The zero-order valence-electron chi connectivity index (χ0n) is 17.0. The van der Waals surface area contributed by atoms with Crippen LogP contribution in [-0.2, 0) is 5.54 Å². The third kappa shape index (κ3) is 3.21. The molecule has 1 amide bonds. The van der Waals surface area contributed by atoms with Gasteiger partial charge in [-0.05, 0) is 38.0 Å². The topological polar surface area (TPSA) is 85.8 Å². The normalized spacial score (nSPS) is 16.1. The van der Waals surface area contributed by atoms with E-state index >= 15 is 0 Å². The number of aryl methyl sites for hydroxylation is 2. The van der Waals surface area contributed by atoms with Crippen molar-refractivity contribution in [3.63, 3.8) is 0 Å². The van der Waals surface area contributed by atoms with Crippen LogP contribution in [0.5, 0.6) is 0 Å². The molecule has 1 aliphatic carbocycles. The van der Waals surface area contributed by atoms with E-state index in [4.69, 9.17) is 4.52 Å². The third-order valence-corrected chi connectivity index (χ3v) is 6.89.